The molecule has 0 saturated carbocycles. The van der Waals surface area contributed by atoms with E-state index in [1.54, 1.807) is 12.1 Å². The second-order valence-electron chi connectivity index (χ2n) is 4.58. The summed E-state index contributed by atoms with van der Waals surface area (Å²) in [6, 6.07) is 15.9. The lowest BCUT2D eigenvalue weighted by molar-refractivity contribution is 1.02. The van der Waals surface area contributed by atoms with Crippen LogP contribution in [0.5, 0.6) is 0 Å². The molecule has 0 amide bonds. The molecule has 0 bridgehead atoms. The average Bonchev–Trinajstić information content (AvgIpc) is 2.42. The molecule has 19 heavy (non-hydrogen) atoms. The molecule has 3 heteroatoms. The van der Waals surface area contributed by atoms with Gasteiger partial charge < -0.3 is 11.1 Å². The van der Waals surface area contributed by atoms with E-state index >= 15 is 0 Å². The first-order valence-corrected chi connectivity index (χ1v) is 6.28. The van der Waals surface area contributed by atoms with Gasteiger partial charge in [-0.2, -0.15) is 5.26 Å². The molecule has 3 N–H and O–H groups in total. The summed E-state index contributed by atoms with van der Waals surface area (Å²) in [5, 5.41) is 12.1. The SMILES string of the molecule is Cc1ccc(CCNc2ccc(C#N)cc2N)cc1. The van der Waals surface area contributed by atoms with Crippen molar-refractivity contribution in [1.29, 1.82) is 5.26 Å². The molecular formula is C16H17N3. The molecule has 0 aliphatic carbocycles. The van der Waals surface area contributed by atoms with Crippen LogP contribution in [0.1, 0.15) is 16.7 Å². The smallest absolute Gasteiger partial charge is 0.0992 e. The first kappa shape index (κ1) is 13.0. The molecule has 2 rings (SSSR count). The Hall–Kier alpha value is -2.47. The maximum Gasteiger partial charge on any atom is 0.0992 e. The van der Waals surface area contributed by atoms with E-state index in [0.29, 0.717) is 11.3 Å². The van der Waals surface area contributed by atoms with Crippen molar-refractivity contribution in [3.05, 3.63) is 59.2 Å². The number of nitrogen functional groups attached to an aromatic ring is 1. The van der Waals surface area contributed by atoms with Crippen LogP contribution in [-0.4, -0.2) is 6.54 Å². The van der Waals surface area contributed by atoms with Crippen LogP contribution in [0.2, 0.25) is 0 Å². The van der Waals surface area contributed by atoms with Crippen molar-refractivity contribution in [1.82, 2.24) is 0 Å². The third-order valence-electron chi connectivity index (χ3n) is 3.03. The van der Waals surface area contributed by atoms with Crippen LogP contribution in [0, 0.1) is 18.3 Å². The highest BCUT2D eigenvalue weighted by Crippen LogP contribution is 2.19. The van der Waals surface area contributed by atoms with Gasteiger partial charge in [-0.3, -0.25) is 0 Å². The second-order valence-corrected chi connectivity index (χ2v) is 4.58. The van der Waals surface area contributed by atoms with Crippen LogP contribution >= 0.6 is 0 Å². The first-order valence-electron chi connectivity index (χ1n) is 6.28. The number of nitriles is 1. The lowest BCUT2D eigenvalue weighted by Gasteiger charge is -2.09. The van der Waals surface area contributed by atoms with Crippen LogP contribution in [0.15, 0.2) is 42.5 Å². The van der Waals surface area contributed by atoms with Crippen molar-refractivity contribution in [3.63, 3.8) is 0 Å². The van der Waals surface area contributed by atoms with Crippen molar-refractivity contribution in [2.45, 2.75) is 13.3 Å². The Labute approximate surface area is 113 Å². The number of nitrogens with zero attached hydrogens (tertiary/aromatic N) is 1. The third-order valence-corrected chi connectivity index (χ3v) is 3.03. The number of rotatable bonds is 4. The van der Waals surface area contributed by atoms with E-state index in [-0.39, 0.29) is 0 Å². The predicted molar refractivity (Wildman–Crippen MR) is 78.9 cm³/mol. The Morgan fingerprint density at radius 1 is 1.16 bits per heavy atom. The molecule has 0 aliphatic rings. The van der Waals surface area contributed by atoms with Gasteiger partial charge in [-0.05, 0) is 37.1 Å². The van der Waals surface area contributed by atoms with Gasteiger partial charge in [0.2, 0.25) is 0 Å². The summed E-state index contributed by atoms with van der Waals surface area (Å²) in [4.78, 5) is 0. The second kappa shape index (κ2) is 5.92. The normalized spacial score (nSPS) is 9.89. The van der Waals surface area contributed by atoms with Crippen LogP contribution in [0.3, 0.4) is 0 Å². The fourth-order valence-electron chi connectivity index (χ4n) is 1.89. The quantitative estimate of drug-likeness (QED) is 0.821. The minimum Gasteiger partial charge on any atom is -0.397 e. The van der Waals surface area contributed by atoms with Gasteiger partial charge in [0, 0.05) is 6.54 Å². The average molecular weight is 251 g/mol. The van der Waals surface area contributed by atoms with Crippen LogP contribution < -0.4 is 11.1 Å². The topological polar surface area (TPSA) is 61.8 Å². The first-order chi connectivity index (χ1) is 9.19. The zero-order valence-corrected chi connectivity index (χ0v) is 11.0. The molecule has 2 aromatic rings. The monoisotopic (exact) mass is 251 g/mol. The van der Waals surface area contributed by atoms with E-state index in [0.717, 1.165) is 18.7 Å². The summed E-state index contributed by atoms with van der Waals surface area (Å²) in [5.41, 5.74) is 10.5. The Morgan fingerprint density at radius 2 is 1.89 bits per heavy atom. The predicted octanol–water partition coefficient (Wildman–Crippen LogP) is 3.10. The fourth-order valence-corrected chi connectivity index (χ4v) is 1.89. The molecule has 2 aromatic carbocycles. The summed E-state index contributed by atoms with van der Waals surface area (Å²) < 4.78 is 0. The zero-order valence-electron chi connectivity index (χ0n) is 11.0. The van der Waals surface area contributed by atoms with E-state index in [1.165, 1.54) is 11.1 Å². The zero-order chi connectivity index (χ0) is 13.7. The van der Waals surface area contributed by atoms with Crippen molar-refractivity contribution in [2.24, 2.45) is 0 Å². The highest BCUT2D eigenvalue weighted by atomic mass is 14.9. The van der Waals surface area contributed by atoms with Gasteiger partial charge >= 0.3 is 0 Å². The van der Waals surface area contributed by atoms with Crippen molar-refractivity contribution in [2.75, 3.05) is 17.6 Å². The standard InChI is InChI=1S/C16H17N3/c1-12-2-4-13(5-3-12)8-9-19-16-7-6-14(11-17)10-15(16)18/h2-7,10,19H,8-9,18H2,1H3. The Morgan fingerprint density at radius 3 is 2.53 bits per heavy atom. The summed E-state index contributed by atoms with van der Waals surface area (Å²) in [5.74, 6) is 0. The maximum absolute atomic E-state index is 8.77. The number of aryl methyl sites for hydroxylation is 1. The van der Waals surface area contributed by atoms with Gasteiger partial charge in [0.1, 0.15) is 0 Å². The van der Waals surface area contributed by atoms with Crippen molar-refractivity contribution >= 4 is 11.4 Å². The molecule has 0 atom stereocenters. The number of hydrogen-bond acceptors (Lipinski definition) is 3. The molecule has 3 nitrogen and oxygen atoms in total. The Balaban J connectivity index is 1.92. The van der Waals surface area contributed by atoms with Crippen molar-refractivity contribution < 1.29 is 0 Å². The lowest BCUT2D eigenvalue weighted by atomic mass is 10.1. The highest BCUT2D eigenvalue weighted by Gasteiger charge is 2.00. The minimum absolute atomic E-state index is 0.585. The highest BCUT2D eigenvalue weighted by molar-refractivity contribution is 5.68. The van der Waals surface area contributed by atoms with E-state index in [9.17, 15) is 0 Å². The maximum atomic E-state index is 8.77. The summed E-state index contributed by atoms with van der Waals surface area (Å²) in [7, 11) is 0. The molecule has 0 spiro atoms. The molecular weight excluding hydrogens is 234 g/mol. The molecule has 0 unspecified atom stereocenters. The summed E-state index contributed by atoms with van der Waals surface area (Å²) in [6.07, 6.45) is 0.944. The van der Waals surface area contributed by atoms with Crippen LogP contribution in [-0.2, 0) is 6.42 Å². The van der Waals surface area contributed by atoms with E-state index in [4.69, 9.17) is 11.0 Å². The number of benzene rings is 2. The molecule has 96 valence electrons. The van der Waals surface area contributed by atoms with Crippen molar-refractivity contribution in [3.8, 4) is 6.07 Å². The third kappa shape index (κ3) is 3.49. The van der Waals surface area contributed by atoms with E-state index in [1.807, 2.05) is 6.07 Å². The molecule has 0 heterocycles. The number of hydrogen-bond donors (Lipinski definition) is 2. The molecule has 0 radical (unpaired) electrons. The van der Waals surface area contributed by atoms with Crippen LogP contribution in [0.25, 0.3) is 0 Å². The molecule has 0 aromatic heterocycles. The molecule has 0 saturated heterocycles. The minimum atomic E-state index is 0.585. The lowest BCUT2D eigenvalue weighted by Crippen LogP contribution is -2.07. The molecule has 0 aliphatic heterocycles. The largest absolute Gasteiger partial charge is 0.397 e. The number of anilines is 2. The fraction of sp³-hybridized carbons (Fsp3) is 0.188. The van der Waals surface area contributed by atoms with Gasteiger partial charge in [0.15, 0.2) is 0 Å². The summed E-state index contributed by atoms with van der Waals surface area (Å²) >= 11 is 0. The van der Waals surface area contributed by atoms with Gasteiger partial charge in [-0.25, -0.2) is 0 Å². The Kier molecular flexibility index (Phi) is 4.04. The van der Waals surface area contributed by atoms with E-state index < -0.39 is 0 Å². The Bertz CT molecular complexity index is 594. The van der Waals surface area contributed by atoms with Gasteiger partial charge in [0.25, 0.3) is 0 Å². The number of nitrogens with one attached hydrogen (secondary N) is 1. The van der Waals surface area contributed by atoms with Gasteiger partial charge in [-0.15, -0.1) is 0 Å². The van der Waals surface area contributed by atoms with E-state index in [2.05, 4.69) is 42.6 Å². The molecule has 0 fully saturated rings. The van der Waals surface area contributed by atoms with Crippen LogP contribution in [0.4, 0.5) is 11.4 Å². The number of nitrogens with two attached hydrogens (primary N) is 1. The van der Waals surface area contributed by atoms with Gasteiger partial charge in [0.05, 0.1) is 23.0 Å². The summed E-state index contributed by atoms with van der Waals surface area (Å²) in [6.45, 7) is 2.90. The van der Waals surface area contributed by atoms with Gasteiger partial charge in [-0.1, -0.05) is 29.8 Å².